The third kappa shape index (κ3) is 2.52. The maximum atomic E-state index is 12.5. The van der Waals surface area contributed by atoms with Crippen molar-refractivity contribution in [1.82, 2.24) is 5.32 Å². The molecule has 0 radical (unpaired) electrons. The molecule has 1 saturated carbocycles. The second-order valence-electron chi connectivity index (χ2n) is 5.65. The van der Waals surface area contributed by atoms with Gasteiger partial charge in [-0.3, -0.25) is 4.79 Å². The summed E-state index contributed by atoms with van der Waals surface area (Å²) < 4.78 is 5.45. The number of methoxy groups -OCH3 is 1. The van der Waals surface area contributed by atoms with Crippen LogP contribution in [0.2, 0.25) is 0 Å². The molecular weight excluding hydrogens is 252 g/mol. The lowest BCUT2D eigenvalue weighted by molar-refractivity contribution is 0.0721. The van der Waals surface area contributed by atoms with Crippen molar-refractivity contribution >= 4 is 11.6 Å². The van der Waals surface area contributed by atoms with Crippen molar-refractivity contribution in [3.63, 3.8) is 0 Å². The first-order chi connectivity index (χ1) is 9.79. The van der Waals surface area contributed by atoms with Gasteiger partial charge in [0.15, 0.2) is 0 Å². The summed E-state index contributed by atoms with van der Waals surface area (Å²) in [6.45, 7) is 0.993. The normalized spacial score (nSPS) is 24.9. The summed E-state index contributed by atoms with van der Waals surface area (Å²) in [7, 11) is 1.73. The topological polar surface area (TPSA) is 50.4 Å². The number of ether oxygens (including phenoxy) is 1. The number of carbonyl (C=O) groups excluding carboxylic acids is 1. The van der Waals surface area contributed by atoms with Crippen LogP contribution in [0.3, 0.4) is 0 Å². The fraction of sp³-hybridized carbons (Fsp3) is 0.562. The highest BCUT2D eigenvalue weighted by Crippen LogP contribution is 2.26. The summed E-state index contributed by atoms with van der Waals surface area (Å²) in [5.74, 6) is 0.0412. The predicted molar refractivity (Wildman–Crippen MR) is 79.2 cm³/mol. The first-order valence-electron chi connectivity index (χ1n) is 7.49. The average molecular weight is 274 g/mol. The smallest absolute Gasteiger partial charge is 0.251 e. The number of carbonyl (C=O) groups is 1. The van der Waals surface area contributed by atoms with Crippen LogP contribution in [0.1, 0.15) is 41.6 Å². The van der Waals surface area contributed by atoms with Crippen LogP contribution >= 0.6 is 0 Å². The highest BCUT2D eigenvalue weighted by Gasteiger charge is 2.29. The van der Waals surface area contributed by atoms with Crippen LogP contribution in [-0.2, 0) is 11.2 Å². The minimum absolute atomic E-state index is 0.0412. The van der Waals surface area contributed by atoms with Crippen LogP contribution in [0.25, 0.3) is 0 Å². The van der Waals surface area contributed by atoms with E-state index in [-0.39, 0.29) is 18.1 Å². The lowest BCUT2D eigenvalue weighted by Crippen LogP contribution is -2.41. The van der Waals surface area contributed by atoms with Crippen LogP contribution in [0.4, 0.5) is 5.69 Å². The van der Waals surface area contributed by atoms with Crippen molar-refractivity contribution in [3.05, 3.63) is 29.3 Å². The molecule has 20 heavy (non-hydrogen) atoms. The summed E-state index contributed by atoms with van der Waals surface area (Å²) in [4.78, 5) is 12.5. The summed E-state index contributed by atoms with van der Waals surface area (Å²) in [5, 5.41) is 6.52. The molecule has 1 fully saturated rings. The minimum Gasteiger partial charge on any atom is -0.385 e. The predicted octanol–water partition coefficient (Wildman–Crippen LogP) is 2.34. The van der Waals surface area contributed by atoms with E-state index in [1.54, 1.807) is 7.11 Å². The number of anilines is 1. The second-order valence-corrected chi connectivity index (χ2v) is 5.65. The summed E-state index contributed by atoms with van der Waals surface area (Å²) in [6.07, 6.45) is 5.40. The molecule has 0 aromatic heterocycles. The van der Waals surface area contributed by atoms with E-state index in [1.165, 1.54) is 0 Å². The molecule has 2 aliphatic rings. The van der Waals surface area contributed by atoms with Gasteiger partial charge in [-0.05, 0) is 49.8 Å². The van der Waals surface area contributed by atoms with Crippen molar-refractivity contribution in [2.45, 2.75) is 44.2 Å². The summed E-state index contributed by atoms with van der Waals surface area (Å²) >= 11 is 0. The van der Waals surface area contributed by atoms with Gasteiger partial charge in [-0.25, -0.2) is 0 Å². The zero-order chi connectivity index (χ0) is 13.9. The molecule has 108 valence electrons. The number of benzene rings is 1. The molecule has 0 spiro atoms. The largest absolute Gasteiger partial charge is 0.385 e. The molecule has 1 aromatic rings. The Hall–Kier alpha value is -1.55. The quantitative estimate of drug-likeness (QED) is 0.889. The third-order valence-corrected chi connectivity index (χ3v) is 4.41. The Labute approximate surface area is 119 Å². The zero-order valence-electron chi connectivity index (χ0n) is 11.9. The molecule has 4 heteroatoms. The Bertz CT molecular complexity index is 501. The van der Waals surface area contributed by atoms with Crippen LogP contribution < -0.4 is 10.6 Å². The fourth-order valence-electron chi connectivity index (χ4n) is 3.34. The van der Waals surface area contributed by atoms with E-state index in [4.69, 9.17) is 4.74 Å². The molecule has 0 bridgehead atoms. The Morgan fingerprint density at radius 3 is 3.10 bits per heavy atom. The van der Waals surface area contributed by atoms with Crippen molar-refractivity contribution in [2.75, 3.05) is 19.0 Å². The van der Waals surface area contributed by atoms with Crippen molar-refractivity contribution < 1.29 is 9.53 Å². The van der Waals surface area contributed by atoms with E-state index in [2.05, 4.69) is 16.7 Å². The van der Waals surface area contributed by atoms with Crippen molar-refractivity contribution in [2.24, 2.45) is 0 Å². The van der Waals surface area contributed by atoms with Gasteiger partial charge in [-0.1, -0.05) is 6.07 Å². The van der Waals surface area contributed by atoms with E-state index < -0.39 is 0 Å². The third-order valence-electron chi connectivity index (χ3n) is 4.41. The van der Waals surface area contributed by atoms with E-state index in [1.807, 2.05) is 12.1 Å². The van der Waals surface area contributed by atoms with Gasteiger partial charge in [0.05, 0.1) is 12.1 Å². The number of fused-ring (bicyclic) bond motifs is 1. The Morgan fingerprint density at radius 2 is 2.25 bits per heavy atom. The zero-order valence-corrected chi connectivity index (χ0v) is 11.9. The highest BCUT2D eigenvalue weighted by molar-refractivity contribution is 5.97. The Kier molecular flexibility index (Phi) is 3.92. The van der Waals surface area contributed by atoms with Crippen molar-refractivity contribution in [3.8, 4) is 0 Å². The van der Waals surface area contributed by atoms with Crippen molar-refractivity contribution in [1.29, 1.82) is 0 Å². The number of amides is 1. The van der Waals surface area contributed by atoms with Gasteiger partial charge in [-0.15, -0.1) is 0 Å². The lowest BCUT2D eigenvalue weighted by atomic mass is 9.97. The first kappa shape index (κ1) is 13.4. The molecule has 1 heterocycles. The number of rotatable bonds is 3. The van der Waals surface area contributed by atoms with Gasteiger partial charge in [0, 0.05) is 24.9 Å². The van der Waals surface area contributed by atoms with Crippen LogP contribution in [0, 0.1) is 0 Å². The molecule has 0 saturated heterocycles. The first-order valence-corrected chi connectivity index (χ1v) is 7.49. The SMILES string of the molecule is COC1CCCC1NC(=O)c1cccc2c1CCCN2. The summed E-state index contributed by atoms with van der Waals surface area (Å²) in [6, 6.07) is 6.09. The fourth-order valence-corrected chi connectivity index (χ4v) is 3.34. The van der Waals surface area contributed by atoms with Gasteiger partial charge in [0.25, 0.3) is 5.91 Å². The maximum absolute atomic E-state index is 12.5. The van der Waals surface area contributed by atoms with Gasteiger partial charge in [0.1, 0.15) is 0 Å². The van der Waals surface area contributed by atoms with Gasteiger partial charge >= 0.3 is 0 Å². The molecule has 2 atom stereocenters. The molecule has 4 nitrogen and oxygen atoms in total. The molecule has 1 aromatic carbocycles. The highest BCUT2D eigenvalue weighted by atomic mass is 16.5. The average Bonchev–Trinajstić information content (AvgIpc) is 2.93. The van der Waals surface area contributed by atoms with E-state index in [0.29, 0.717) is 0 Å². The van der Waals surface area contributed by atoms with Gasteiger partial charge < -0.3 is 15.4 Å². The molecule has 1 amide bonds. The van der Waals surface area contributed by atoms with Crippen LogP contribution in [0.5, 0.6) is 0 Å². The van der Waals surface area contributed by atoms with E-state index in [9.17, 15) is 4.79 Å². The number of hydrogen-bond acceptors (Lipinski definition) is 3. The standard InChI is InChI=1S/C16H22N2O2/c1-20-15-9-3-8-14(15)18-16(19)12-5-2-7-13-11(12)6-4-10-17-13/h2,5,7,14-15,17H,3-4,6,8-10H2,1H3,(H,18,19). The van der Waals surface area contributed by atoms with E-state index >= 15 is 0 Å². The number of hydrogen-bond donors (Lipinski definition) is 2. The van der Waals surface area contributed by atoms with E-state index in [0.717, 1.165) is 55.5 Å². The second kappa shape index (κ2) is 5.83. The van der Waals surface area contributed by atoms with Gasteiger partial charge in [0.2, 0.25) is 0 Å². The molecule has 3 rings (SSSR count). The number of nitrogens with one attached hydrogen (secondary N) is 2. The lowest BCUT2D eigenvalue weighted by Gasteiger charge is -2.23. The molecule has 1 aliphatic carbocycles. The molecule has 2 N–H and O–H groups in total. The van der Waals surface area contributed by atoms with Crippen LogP contribution in [-0.4, -0.2) is 31.7 Å². The molecule has 2 unspecified atom stereocenters. The van der Waals surface area contributed by atoms with Crippen LogP contribution in [0.15, 0.2) is 18.2 Å². The Morgan fingerprint density at radius 1 is 1.35 bits per heavy atom. The Balaban J connectivity index is 1.77. The maximum Gasteiger partial charge on any atom is 0.251 e. The molecular formula is C16H22N2O2. The summed E-state index contributed by atoms with van der Waals surface area (Å²) in [5.41, 5.74) is 3.08. The van der Waals surface area contributed by atoms with Gasteiger partial charge in [-0.2, -0.15) is 0 Å². The molecule has 1 aliphatic heterocycles. The minimum atomic E-state index is 0.0412. The monoisotopic (exact) mass is 274 g/mol.